The molecule has 1 aromatic heterocycles. The Morgan fingerprint density at radius 1 is 1.14 bits per heavy atom. The molecule has 0 saturated carbocycles. The summed E-state index contributed by atoms with van der Waals surface area (Å²) in [4.78, 5) is 15.9. The van der Waals surface area contributed by atoms with Gasteiger partial charge in [-0.15, -0.1) is 0 Å². The Morgan fingerprint density at radius 3 is 2.66 bits per heavy atom. The summed E-state index contributed by atoms with van der Waals surface area (Å²) in [5.74, 6) is -0.486. The quantitative estimate of drug-likeness (QED) is 0.387. The van der Waals surface area contributed by atoms with Gasteiger partial charge in [0.25, 0.3) is 0 Å². The fourth-order valence-corrected chi connectivity index (χ4v) is 4.76. The van der Waals surface area contributed by atoms with Crippen LogP contribution in [0.3, 0.4) is 0 Å². The Bertz CT molecular complexity index is 1090. The second-order valence-corrected chi connectivity index (χ2v) is 8.55. The molecule has 3 aromatic rings. The molecule has 3 rings (SSSR count). The first kappa shape index (κ1) is 21.0. The SMILES string of the molecule is CCCCCN(Cc1nc(C(=O)OC)co1)S(=O)(=O)c1cccc2ccccc12. The van der Waals surface area contributed by atoms with E-state index in [1.807, 2.05) is 24.3 Å². The van der Waals surface area contributed by atoms with E-state index < -0.39 is 16.0 Å². The minimum atomic E-state index is -3.81. The van der Waals surface area contributed by atoms with Gasteiger partial charge in [0.2, 0.25) is 15.9 Å². The van der Waals surface area contributed by atoms with Crippen molar-refractivity contribution in [3.8, 4) is 0 Å². The van der Waals surface area contributed by atoms with Gasteiger partial charge < -0.3 is 9.15 Å². The Balaban J connectivity index is 1.96. The topological polar surface area (TPSA) is 89.7 Å². The smallest absolute Gasteiger partial charge is 0.360 e. The molecule has 0 N–H and O–H groups in total. The molecule has 2 aromatic carbocycles. The number of unbranched alkanes of at least 4 members (excludes halogenated alkanes) is 2. The van der Waals surface area contributed by atoms with Gasteiger partial charge in [-0.2, -0.15) is 4.31 Å². The first-order valence-corrected chi connectivity index (χ1v) is 10.9. The number of nitrogens with zero attached hydrogens (tertiary/aromatic N) is 2. The number of sulfonamides is 1. The van der Waals surface area contributed by atoms with Crippen molar-refractivity contribution in [2.75, 3.05) is 13.7 Å². The van der Waals surface area contributed by atoms with Crippen LogP contribution in [-0.2, 0) is 21.3 Å². The first-order chi connectivity index (χ1) is 14.0. The van der Waals surface area contributed by atoms with E-state index in [0.29, 0.717) is 18.4 Å². The van der Waals surface area contributed by atoms with Crippen LogP contribution in [0.5, 0.6) is 0 Å². The molecule has 1 heterocycles. The number of carbonyl (C=O) groups excluding carboxylic acids is 1. The fraction of sp³-hybridized carbons (Fsp3) is 0.333. The molecule has 0 unspecified atom stereocenters. The van der Waals surface area contributed by atoms with Gasteiger partial charge in [0.05, 0.1) is 18.6 Å². The molecule has 0 fully saturated rings. The molecule has 0 saturated heterocycles. The summed E-state index contributed by atoms with van der Waals surface area (Å²) in [6, 6.07) is 12.6. The molecule has 0 bridgehead atoms. The number of hydrogen-bond acceptors (Lipinski definition) is 6. The molecule has 0 aliphatic heterocycles. The average Bonchev–Trinajstić information content (AvgIpc) is 3.20. The molecule has 0 radical (unpaired) electrons. The number of rotatable bonds is 9. The zero-order valence-corrected chi connectivity index (χ0v) is 17.3. The number of hydrogen-bond donors (Lipinski definition) is 0. The Labute approximate surface area is 170 Å². The van der Waals surface area contributed by atoms with Crippen LogP contribution >= 0.6 is 0 Å². The van der Waals surface area contributed by atoms with Gasteiger partial charge >= 0.3 is 5.97 Å². The van der Waals surface area contributed by atoms with Crippen molar-refractivity contribution in [3.05, 3.63) is 60.3 Å². The maximum Gasteiger partial charge on any atom is 0.360 e. The average molecular weight is 416 g/mol. The van der Waals surface area contributed by atoms with Crippen LogP contribution in [0.15, 0.2) is 58.0 Å². The highest BCUT2D eigenvalue weighted by Gasteiger charge is 2.28. The van der Waals surface area contributed by atoms with Crippen LogP contribution in [0.1, 0.15) is 42.6 Å². The van der Waals surface area contributed by atoms with Crippen LogP contribution in [0.4, 0.5) is 0 Å². The van der Waals surface area contributed by atoms with E-state index in [0.717, 1.165) is 18.2 Å². The number of ether oxygens (including phenoxy) is 1. The Hall–Kier alpha value is -2.71. The third-order valence-electron chi connectivity index (χ3n) is 4.64. The molecule has 8 heteroatoms. The first-order valence-electron chi connectivity index (χ1n) is 9.48. The minimum Gasteiger partial charge on any atom is -0.464 e. The van der Waals surface area contributed by atoms with Crippen molar-refractivity contribution in [1.82, 2.24) is 9.29 Å². The van der Waals surface area contributed by atoms with Crippen LogP contribution < -0.4 is 0 Å². The van der Waals surface area contributed by atoms with E-state index in [4.69, 9.17) is 4.42 Å². The summed E-state index contributed by atoms with van der Waals surface area (Å²) in [6.07, 6.45) is 3.76. The van der Waals surface area contributed by atoms with Crippen LogP contribution in [0.2, 0.25) is 0 Å². The molecule has 0 aliphatic rings. The molecule has 0 atom stereocenters. The van der Waals surface area contributed by atoms with Crippen LogP contribution in [0.25, 0.3) is 10.8 Å². The van der Waals surface area contributed by atoms with Crippen LogP contribution in [0, 0.1) is 0 Å². The normalized spacial score (nSPS) is 11.8. The van der Waals surface area contributed by atoms with E-state index >= 15 is 0 Å². The van der Waals surface area contributed by atoms with E-state index in [-0.39, 0.29) is 23.0 Å². The second-order valence-electron chi connectivity index (χ2n) is 6.64. The number of esters is 1. The zero-order chi connectivity index (χ0) is 20.9. The number of oxazole rings is 1. The van der Waals surface area contributed by atoms with Crippen molar-refractivity contribution >= 4 is 26.8 Å². The largest absolute Gasteiger partial charge is 0.464 e. The summed E-state index contributed by atoms with van der Waals surface area (Å²) < 4.78 is 38.3. The van der Waals surface area contributed by atoms with Gasteiger partial charge in [0, 0.05) is 11.9 Å². The van der Waals surface area contributed by atoms with Gasteiger partial charge in [-0.05, 0) is 17.9 Å². The van der Waals surface area contributed by atoms with Crippen molar-refractivity contribution in [1.29, 1.82) is 0 Å². The van der Waals surface area contributed by atoms with Crippen molar-refractivity contribution in [2.24, 2.45) is 0 Å². The van der Waals surface area contributed by atoms with Gasteiger partial charge in [-0.3, -0.25) is 0 Å². The zero-order valence-electron chi connectivity index (χ0n) is 16.5. The number of methoxy groups -OCH3 is 1. The van der Waals surface area contributed by atoms with E-state index in [2.05, 4.69) is 16.6 Å². The van der Waals surface area contributed by atoms with Crippen molar-refractivity contribution < 1.29 is 22.4 Å². The molecule has 29 heavy (non-hydrogen) atoms. The maximum atomic E-state index is 13.5. The molecule has 0 amide bonds. The van der Waals surface area contributed by atoms with Crippen molar-refractivity contribution in [2.45, 2.75) is 37.6 Å². The van der Waals surface area contributed by atoms with Crippen molar-refractivity contribution in [3.63, 3.8) is 0 Å². The third-order valence-corrected chi connectivity index (χ3v) is 6.54. The summed E-state index contributed by atoms with van der Waals surface area (Å²) in [7, 11) is -2.56. The van der Waals surface area contributed by atoms with Gasteiger partial charge in [0.1, 0.15) is 6.26 Å². The van der Waals surface area contributed by atoms with Gasteiger partial charge in [-0.25, -0.2) is 18.2 Å². The lowest BCUT2D eigenvalue weighted by atomic mass is 10.1. The maximum absolute atomic E-state index is 13.5. The molecule has 7 nitrogen and oxygen atoms in total. The molecular formula is C21H24N2O5S. The second kappa shape index (κ2) is 9.19. The monoisotopic (exact) mass is 416 g/mol. The Kier molecular flexibility index (Phi) is 6.66. The highest BCUT2D eigenvalue weighted by atomic mass is 32.2. The summed E-state index contributed by atoms with van der Waals surface area (Å²) in [5.41, 5.74) is 0.0126. The highest BCUT2D eigenvalue weighted by molar-refractivity contribution is 7.89. The predicted octanol–water partition coefficient (Wildman–Crippen LogP) is 4.00. The standard InChI is InChI=1S/C21H24N2O5S/c1-3-4-7-13-23(14-20-22-18(15-28-20)21(24)27-2)29(25,26)19-12-8-10-16-9-5-6-11-17(16)19/h5-6,8-12,15H,3-4,7,13-14H2,1-2H3. The summed E-state index contributed by atoms with van der Waals surface area (Å²) in [5, 5.41) is 1.52. The van der Waals surface area contributed by atoms with E-state index in [1.165, 1.54) is 17.7 Å². The van der Waals surface area contributed by atoms with E-state index in [9.17, 15) is 13.2 Å². The highest BCUT2D eigenvalue weighted by Crippen LogP contribution is 2.27. The fourth-order valence-electron chi connectivity index (χ4n) is 3.11. The number of fused-ring (bicyclic) bond motifs is 1. The minimum absolute atomic E-state index is 0.0126. The number of carbonyl (C=O) groups is 1. The molecular weight excluding hydrogens is 392 g/mol. The summed E-state index contributed by atoms with van der Waals surface area (Å²) in [6.45, 7) is 2.32. The predicted molar refractivity (Wildman–Crippen MR) is 109 cm³/mol. The summed E-state index contributed by atoms with van der Waals surface area (Å²) >= 11 is 0. The van der Waals surface area contributed by atoms with Gasteiger partial charge in [-0.1, -0.05) is 56.2 Å². The lowest BCUT2D eigenvalue weighted by Gasteiger charge is -2.21. The number of benzene rings is 2. The van der Waals surface area contributed by atoms with Crippen LogP contribution in [-0.4, -0.2) is 37.3 Å². The molecule has 0 aliphatic carbocycles. The van der Waals surface area contributed by atoms with E-state index in [1.54, 1.807) is 18.2 Å². The number of aromatic nitrogens is 1. The van der Waals surface area contributed by atoms with Gasteiger partial charge in [0.15, 0.2) is 5.69 Å². The lowest BCUT2D eigenvalue weighted by molar-refractivity contribution is 0.0594. The molecule has 0 spiro atoms. The lowest BCUT2D eigenvalue weighted by Crippen LogP contribution is -2.32. The Morgan fingerprint density at radius 2 is 1.90 bits per heavy atom. The molecule has 154 valence electrons. The third kappa shape index (κ3) is 4.65.